The zero-order chi connectivity index (χ0) is 12.8. The van der Waals surface area contributed by atoms with Crippen molar-refractivity contribution < 1.29 is 9.52 Å². The number of furan rings is 1. The van der Waals surface area contributed by atoms with Gasteiger partial charge in [-0.15, -0.1) is 0 Å². The molecule has 1 heterocycles. The first-order valence-electron chi connectivity index (χ1n) is 6.67. The van der Waals surface area contributed by atoms with Crippen LogP contribution in [0, 0.1) is 0 Å². The number of nitrogens with one attached hydrogen (secondary N) is 1. The van der Waals surface area contributed by atoms with Crippen LogP contribution >= 0.6 is 0 Å². The van der Waals surface area contributed by atoms with E-state index in [1.54, 1.807) is 0 Å². The maximum atomic E-state index is 8.73. The number of rotatable bonds is 7. The second kappa shape index (κ2) is 6.57. The Kier molecular flexibility index (Phi) is 4.79. The van der Waals surface area contributed by atoms with Crippen LogP contribution in [0.3, 0.4) is 0 Å². The highest BCUT2D eigenvalue weighted by Crippen LogP contribution is 2.26. The van der Waals surface area contributed by atoms with Crippen molar-refractivity contribution in [2.24, 2.45) is 0 Å². The summed E-state index contributed by atoms with van der Waals surface area (Å²) in [4.78, 5) is 0. The number of aliphatic hydroxyl groups is 1. The third-order valence-corrected chi connectivity index (χ3v) is 3.17. The van der Waals surface area contributed by atoms with Crippen LogP contribution in [0.1, 0.15) is 31.1 Å². The molecule has 0 aliphatic carbocycles. The van der Waals surface area contributed by atoms with Crippen LogP contribution in [-0.2, 0) is 13.0 Å². The van der Waals surface area contributed by atoms with Gasteiger partial charge >= 0.3 is 0 Å². The van der Waals surface area contributed by atoms with E-state index in [4.69, 9.17) is 9.52 Å². The van der Waals surface area contributed by atoms with Gasteiger partial charge in [-0.05, 0) is 25.5 Å². The summed E-state index contributed by atoms with van der Waals surface area (Å²) in [6.07, 6.45) is 2.79. The molecule has 0 fully saturated rings. The molecule has 3 heteroatoms. The molecule has 2 aromatic rings. The van der Waals surface area contributed by atoms with Gasteiger partial charge in [0.15, 0.2) is 0 Å². The summed E-state index contributed by atoms with van der Waals surface area (Å²) < 4.78 is 5.85. The lowest BCUT2D eigenvalue weighted by Gasteiger charge is -2.04. The molecule has 0 unspecified atom stereocenters. The average molecular weight is 247 g/mol. The van der Waals surface area contributed by atoms with Gasteiger partial charge in [0.25, 0.3) is 0 Å². The minimum absolute atomic E-state index is 0.274. The second-order valence-corrected chi connectivity index (χ2v) is 4.46. The highest BCUT2D eigenvalue weighted by atomic mass is 16.3. The standard InChI is InChI=1S/C15H21NO2/c1-2-14-13(11-16-9-5-6-10-17)12-7-3-4-8-15(12)18-14/h3-4,7-8,16-17H,2,5-6,9-11H2,1H3. The molecule has 0 radical (unpaired) electrons. The SMILES string of the molecule is CCc1oc2ccccc2c1CNCCCCO. The van der Waals surface area contributed by atoms with Gasteiger partial charge in [0.1, 0.15) is 11.3 Å². The molecule has 0 aliphatic heterocycles. The Morgan fingerprint density at radius 1 is 1.22 bits per heavy atom. The van der Waals surface area contributed by atoms with Gasteiger partial charge in [-0.3, -0.25) is 0 Å². The van der Waals surface area contributed by atoms with Crippen LogP contribution in [0.2, 0.25) is 0 Å². The fourth-order valence-electron chi connectivity index (χ4n) is 2.20. The maximum Gasteiger partial charge on any atom is 0.134 e. The zero-order valence-corrected chi connectivity index (χ0v) is 10.9. The van der Waals surface area contributed by atoms with E-state index in [1.807, 2.05) is 18.2 Å². The van der Waals surface area contributed by atoms with Crippen LogP contribution in [0.25, 0.3) is 11.0 Å². The number of unbranched alkanes of at least 4 members (excludes halogenated alkanes) is 1. The number of hydrogen-bond donors (Lipinski definition) is 2. The number of hydrogen-bond acceptors (Lipinski definition) is 3. The number of fused-ring (bicyclic) bond motifs is 1. The summed E-state index contributed by atoms with van der Waals surface area (Å²) in [5.41, 5.74) is 2.25. The lowest BCUT2D eigenvalue weighted by atomic mass is 10.1. The minimum Gasteiger partial charge on any atom is -0.461 e. The van der Waals surface area contributed by atoms with Crippen molar-refractivity contribution in [3.63, 3.8) is 0 Å². The van der Waals surface area contributed by atoms with E-state index < -0.39 is 0 Å². The first-order chi connectivity index (χ1) is 8.86. The van der Waals surface area contributed by atoms with E-state index in [-0.39, 0.29) is 6.61 Å². The smallest absolute Gasteiger partial charge is 0.134 e. The van der Waals surface area contributed by atoms with Crippen molar-refractivity contribution in [3.05, 3.63) is 35.6 Å². The van der Waals surface area contributed by atoms with Gasteiger partial charge < -0.3 is 14.8 Å². The summed E-state index contributed by atoms with van der Waals surface area (Å²) in [6.45, 7) is 4.17. The quantitative estimate of drug-likeness (QED) is 0.739. The second-order valence-electron chi connectivity index (χ2n) is 4.46. The number of aliphatic hydroxyl groups excluding tert-OH is 1. The van der Waals surface area contributed by atoms with Crippen molar-refractivity contribution in [3.8, 4) is 0 Å². The number of para-hydroxylation sites is 1. The molecule has 0 aliphatic rings. The fraction of sp³-hybridized carbons (Fsp3) is 0.467. The van der Waals surface area contributed by atoms with E-state index in [2.05, 4.69) is 18.3 Å². The van der Waals surface area contributed by atoms with Crippen LogP contribution in [0.5, 0.6) is 0 Å². The zero-order valence-electron chi connectivity index (χ0n) is 10.9. The average Bonchev–Trinajstić information content (AvgIpc) is 2.77. The molecule has 0 atom stereocenters. The number of benzene rings is 1. The van der Waals surface area contributed by atoms with Crippen LogP contribution in [-0.4, -0.2) is 18.3 Å². The van der Waals surface area contributed by atoms with Gasteiger partial charge in [0.2, 0.25) is 0 Å². The Hall–Kier alpha value is -1.32. The molecule has 0 bridgehead atoms. The fourth-order valence-corrected chi connectivity index (χ4v) is 2.20. The van der Waals surface area contributed by atoms with Gasteiger partial charge in [0.05, 0.1) is 0 Å². The number of aryl methyl sites for hydroxylation is 1. The Labute approximate surface area is 108 Å². The molecule has 2 N–H and O–H groups in total. The summed E-state index contributed by atoms with van der Waals surface area (Å²) in [6, 6.07) is 8.18. The molecule has 0 amide bonds. The van der Waals surface area contributed by atoms with Crippen LogP contribution < -0.4 is 5.32 Å². The van der Waals surface area contributed by atoms with Gasteiger partial charge in [-0.2, -0.15) is 0 Å². The Morgan fingerprint density at radius 2 is 2.06 bits per heavy atom. The highest BCUT2D eigenvalue weighted by Gasteiger charge is 2.11. The summed E-state index contributed by atoms with van der Waals surface area (Å²) in [5.74, 6) is 1.07. The topological polar surface area (TPSA) is 45.4 Å². The Bertz CT molecular complexity index is 490. The predicted molar refractivity (Wildman–Crippen MR) is 73.6 cm³/mol. The molecule has 18 heavy (non-hydrogen) atoms. The molecule has 0 saturated carbocycles. The summed E-state index contributed by atoms with van der Waals surface area (Å²) in [7, 11) is 0. The van der Waals surface area contributed by atoms with Gasteiger partial charge in [-0.25, -0.2) is 0 Å². The Morgan fingerprint density at radius 3 is 2.83 bits per heavy atom. The third kappa shape index (κ3) is 2.92. The molecule has 0 saturated heterocycles. The minimum atomic E-state index is 0.274. The van der Waals surface area contributed by atoms with Crippen molar-refractivity contribution in [2.45, 2.75) is 32.7 Å². The first kappa shape index (κ1) is 13.1. The molecule has 3 nitrogen and oxygen atoms in total. The molecule has 0 spiro atoms. The van der Waals surface area contributed by atoms with Gasteiger partial charge in [0, 0.05) is 30.5 Å². The molecule has 1 aromatic carbocycles. The highest BCUT2D eigenvalue weighted by molar-refractivity contribution is 5.82. The molecule has 2 rings (SSSR count). The normalized spacial score (nSPS) is 11.2. The van der Waals surface area contributed by atoms with E-state index >= 15 is 0 Å². The first-order valence-corrected chi connectivity index (χ1v) is 6.67. The largest absolute Gasteiger partial charge is 0.461 e. The van der Waals surface area contributed by atoms with E-state index in [0.29, 0.717) is 0 Å². The molecule has 1 aromatic heterocycles. The lowest BCUT2D eigenvalue weighted by Crippen LogP contribution is -2.15. The van der Waals surface area contributed by atoms with E-state index in [1.165, 1.54) is 10.9 Å². The predicted octanol–water partition coefficient (Wildman–Crippen LogP) is 2.86. The molecule has 98 valence electrons. The van der Waals surface area contributed by atoms with Crippen molar-refractivity contribution in [2.75, 3.05) is 13.2 Å². The van der Waals surface area contributed by atoms with Crippen molar-refractivity contribution in [1.29, 1.82) is 0 Å². The van der Waals surface area contributed by atoms with Gasteiger partial charge in [-0.1, -0.05) is 25.1 Å². The maximum absolute atomic E-state index is 8.73. The molecular weight excluding hydrogens is 226 g/mol. The van der Waals surface area contributed by atoms with E-state index in [0.717, 1.165) is 43.7 Å². The van der Waals surface area contributed by atoms with E-state index in [9.17, 15) is 0 Å². The Balaban J connectivity index is 2.06. The van der Waals surface area contributed by atoms with Crippen molar-refractivity contribution >= 4 is 11.0 Å². The van der Waals surface area contributed by atoms with Crippen LogP contribution in [0.15, 0.2) is 28.7 Å². The molecular formula is C15H21NO2. The summed E-state index contributed by atoms with van der Waals surface area (Å²) in [5, 5.41) is 13.4. The third-order valence-electron chi connectivity index (χ3n) is 3.17. The lowest BCUT2D eigenvalue weighted by molar-refractivity contribution is 0.283. The van der Waals surface area contributed by atoms with Crippen molar-refractivity contribution in [1.82, 2.24) is 5.32 Å². The summed E-state index contributed by atoms with van der Waals surface area (Å²) >= 11 is 0. The monoisotopic (exact) mass is 247 g/mol. The van der Waals surface area contributed by atoms with Crippen LogP contribution in [0.4, 0.5) is 0 Å².